The van der Waals surface area contributed by atoms with Gasteiger partial charge in [0.05, 0.1) is 6.61 Å². The first-order valence-electron chi connectivity index (χ1n) is 11.9. The Balaban J connectivity index is 2.62. The molecule has 1 aromatic carbocycles. The van der Waals surface area contributed by atoms with Crippen molar-refractivity contribution in [3.05, 3.63) is 48.0 Å². The number of amides is 3. The Hall–Kier alpha value is -3.36. The van der Waals surface area contributed by atoms with E-state index in [0.717, 1.165) is 5.56 Å². The summed E-state index contributed by atoms with van der Waals surface area (Å²) in [5.41, 5.74) is 0.201. The van der Waals surface area contributed by atoms with Crippen molar-refractivity contribution >= 4 is 23.9 Å². The Bertz CT molecular complexity index is 862. The van der Waals surface area contributed by atoms with Gasteiger partial charge in [0.15, 0.2) is 0 Å². The maximum Gasteiger partial charge on any atom is 0.408 e. The monoisotopic (exact) mass is 489 g/mol. The molecule has 3 N–H and O–H groups in total. The molecule has 0 aliphatic carbocycles. The average molecular weight is 490 g/mol. The molecule has 0 saturated heterocycles. The highest BCUT2D eigenvalue weighted by Gasteiger charge is 2.25. The molecule has 9 heteroatoms. The number of esters is 1. The molecule has 0 spiro atoms. The second-order valence-electron chi connectivity index (χ2n) is 9.35. The van der Waals surface area contributed by atoms with Crippen LogP contribution in [0.3, 0.4) is 0 Å². The van der Waals surface area contributed by atoms with Gasteiger partial charge in [0.2, 0.25) is 11.8 Å². The van der Waals surface area contributed by atoms with Gasteiger partial charge in [-0.25, -0.2) is 9.59 Å². The molecule has 0 fully saturated rings. The van der Waals surface area contributed by atoms with Crippen LogP contribution in [-0.4, -0.2) is 54.7 Å². The Morgan fingerprint density at radius 1 is 1.03 bits per heavy atom. The summed E-state index contributed by atoms with van der Waals surface area (Å²) in [6.07, 6.45) is 2.93. The smallest absolute Gasteiger partial charge is 0.408 e. The summed E-state index contributed by atoms with van der Waals surface area (Å²) in [6, 6.07) is 7.79. The van der Waals surface area contributed by atoms with Crippen molar-refractivity contribution < 1.29 is 28.7 Å². The number of carbonyl (C=O) groups is 4. The maximum absolute atomic E-state index is 12.8. The Labute approximate surface area is 208 Å². The fraction of sp³-hybridized carbons (Fsp3) is 0.538. The van der Waals surface area contributed by atoms with Gasteiger partial charge in [0.1, 0.15) is 17.7 Å². The quantitative estimate of drug-likeness (QED) is 0.236. The van der Waals surface area contributed by atoms with Gasteiger partial charge in [0, 0.05) is 13.0 Å². The first-order valence-corrected chi connectivity index (χ1v) is 11.9. The van der Waals surface area contributed by atoms with E-state index in [1.165, 1.54) is 6.08 Å². The van der Waals surface area contributed by atoms with Crippen LogP contribution in [0.1, 0.15) is 53.5 Å². The van der Waals surface area contributed by atoms with Gasteiger partial charge in [0.25, 0.3) is 0 Å². The molecular weight excluding hydrogens is 450 g/mol. The lowest BCUT2D eigenvalue weighted by Crippen LogP contribution is -2.49. The number of alkyl carbamates (subject to hydrolysis) is 1. The first-order chi connectivity index (χ1) is 16.4. The van der Waals surface area contributed by atoms with Crippen LogP contribution in [0.4, 0.5) is 4.79 Å². The number of carbonyl (C=O) groups excluding carboxylic acids is 4. The molecule has 0 aliphatic heterocycles. The van der Waals surface area contributed by atoms with Crippen molar-refractivity contribution in [1.29, 1.82) is 0 Å². The number of rotatable bonds is 12. The zero-order valence-corrected chi connectivity index (χ0v) is 21.6. The molecule has 0 saturated carbocycles. The van der Waals surface area contributed by atoms with Crippen LogP contribution in [0.2, 0.25) is 0 Å². The maximum atomic E-state index is 12.8. The standard InChI is InChI=1S/C26H39N3O6/c1-7-34-24(32)22(18(2)3)29-21(30)15-11-12-16-27-23(31)20(17-19-13-9-8-10-14-19)28-25(33)35-26(4,5)6/h8-11,13-15,18,20,22H,7,12,16-17H2,1-6H3,(H,27,31)(H,28,33)(H,29,30)/b15-11+/t20-,22-/m0/s1. The number of nitrogens with one attached hydrogen (secondary N) is 3. The summed E-state index contributed by atoms with van der Waals surface area (Å²) in [5.74, 6) is -1.38. The number of hydrogen-bond acceptors (Lipinski definition) is 6. The normalized spacial score (nSPS) is 13.1. The van der Waals surface area contributed by atoms with Crippen molar-refractivity contribution in [3.8, 4) is 0 Å². The first kappa shape index (κ1) is 29.7. The van der Waals surface area contributed by atoms with Gasteiger partial charge in [-0.15, -0.1) is 0 Å². The van der Waals surface area contributed by atoms with Crippen LogP contribution in [0, 0.1) is 5.92 Å². The number of ether oxygens (including phenoxy) is 2. The summed E-state index contributed by atoms with van der Waals surface area (Å²) in [4.78, 5) is 49.1. The van der Waals surface area contributed by atoms with Crippen molar-refractivity contribution in [2.24, 2.45) is 5.92 Å². The molecule has 194 valence electrons. The van der Waals surface area contributed by atoms with Crippen LogP contribution < -0.4 is 16.0 Å². The molecule has 3 amide bonds. The molecule has 0 bridgehead atoms. The van der Waals surface area contributed by atoms with E-state index in [9.17, 15) is 19.2 Å². The number of benzene rings is 1. The van der Waals surface area contributed by atoms with Gasteiger partial charge in [-0.05, 0) is 51.7 Å². The Morgan fingerprint density at radius 2 is 1.69 bits per heavy atom. The third kappa shape index (κ3) is 12.6. The van der Waals surface area contributed by atoms with E-state index in [1.807, 2.05) is 44.2 Å². The highest BCUT2D eigenvalue weighted by molar-refractivity contribution is 5.91. The van der Waals surface area contributed by atoms with Crippen LogP contribution in [0.25, 0.3) is 0 Å². The van der Waals surface area contributed by atoms with Gasteiger partial charge in [-0.2, -0.15) is 0 Å². The molecule has 0 aromatic heterocycles. The van der Waals surface area contributed by atoms with E-state index >= 15 is 0 Å². The SMILES string of the molecule is CCOC(=O)[C@@H](NC(=O)/C=C/CCNC(=O)[C@H](Cc1ccccc1)NC(=O)OC(C)(C)C)C(C)C. The molecule has 9 nitrogen and oxygen atoms in total. The topological polar surface area (TPSA) is 123 Å². The predicted octanol–water partition coefficient (Wildman–Crippen LogP) is 2.89. The zero-order valence-electron chi connectivity index (χ0n) is 21.6. The van der Waals surface area contributed by atoms with Gasteiger partial charge in [-0.3, -0.25) is 9.59 Å². The zero-order chi connectivity index (χ0) is 26.4. The third-order valence-corrected chi connectivity index (χ3v) is 4.67. The van der Waals surface area contributed by atoms with Crippen LogP contribution in [0.5, 0.6) is 0 Å². The molecule has 0 aliphatic rings. The predicted molar refractivity (Wildman–Crippen MR) is 133 cm³/mol. The van der Waals surface area contributed by atoms with Crippen molar-refractivity contribution in [3.63, 3.8) is 0 Å². The fourth-order valence-electron chi connectivity index (χ4n) is 3.03. The molecule has 1 rings (SSSR count). The van der Waals surface area contributed by atoms with E-state index in [-0.39, 0.29) is 25.0 Å². The minimum atomic E-state index is -0.823. The highest BCUT2D eigenvalue weighted by Crippen LogP contribution is 2.09. The fourth-order valence-corrected chi connectivity index (χ4v) is 3.03. The lowest BCUT2D eigenvalue weighted by Gasteiger charge is -2.23. The molecule has 2 atom stereocenters. The molecular formula is C26H39N3O6. The molecule has 0 radical (unpaired) electrons. The lowest BCUT2D eigenvalue weighted by atomic mass is 10.0. The molecule has 1 aromatic rings. The van der Waals surface area contributed by atoms with Crippen LogP contribution >= 0.6 is 0 Å². The summed E-state index contributed by atoms with van der Waals surface area (Å²) in [7, 11) is 0. The van der Waals surface area contributed by atoms with Crippen molar-refractivity contribution in [1.82, 2.24) is 16.0 Å². The lowest BCUT2D eigenvalue weighted by molar-refractivity contribution is -0.148. The number of hydrogen-bond donors (Lipinski definition) is 3. The van der Waals surface area contributed by atoms with E-state index in [2.05, 4.69) is 16.0 Å². The second kappa shape index (κ2) is 14.8. The average Bonchev–Trinajstić information content (AvgIpc) is 2.76. The third-order valence-electron chi connectivity index (χ3n) is 4.67. The Morgan fingerprint density at radius 3 is 2.26 bits per heavy atom. The highest BCUT2D eigenvalue weighted by atomic mass is 16.6. The van der Waals surface area contributed by atoms with Crippen LogP contribution in [-0.2, 0) is 30.3 Å². The minimum Gasteiger partial charge on any atom is -0.464 e. The molecule has 0 unspecified atom stereocenters. The summed E-state index contributed by atoms with van der Waals surface area (Å²) in [6.45, 7) is 11.1. The largest absolute Gasteiger partial charge is 0.464 e. The van der Waals surface area contributed by atoms with Crippen molar-refractivity contribution in [2.75, 3.05) is 13.2 Å². The van der Waals surface area contributed by atoms with Gasteiger partial charge in [-0.1, -0.05) is 50.3 Å². The van der Waals surface area contributed by atoms with E-state index in [1.54, 1.807) is 33.8 Å². The van der Waals surface area contributed by atoms with E-state index in [0.29, 0.717) is 12.8 Å². The molecule has 35 heavy (non-hydrogen) atoms. The summed E-state index contributed by atoms with van der Waals surface area (Å²) in [5, 5.41) is 8.04. The van der Waals surface area contributed by atoms with Gasteiger partial charge >= 0.3 is 12.1 Å². The van der Waals surface area contributed by atoms with Gasteiger partial charge < -0.3 is 25.4 Å². The van der Waals surface area contributed by atoms with E-state index < -0.39 is 35.7 Å². The minimum absolute atomic E-state index is 0.121. The Kier molecular flexibility index (Phi) is 12.6. The van der Waals surface area contributed by atoms with E-state index in [4.69, 9.17) is 9.47 Å². The summed E-state index contributed by atoms with van der Waals surface area (Å²) >= 11 is 0. The summed E-state index contributed by atoms with van der Waals surface area (Å²) < 4.78 is 10.3. The van der Waals surface area contributed by atoms with Crippen molar-refractivity contribution in [2.45, 2.75) is 72.1 Å². The molecule has 0 heterocycles. The van der Waals surface area contributed by atoms with Crippen LogP contribution in [0.15, 0.2) is 42.5 Å². The second-order valence-corrected chi connectivity index (χ2v) is 9.35.